The molecule has 0 amide bonds. The van der Waals surface area contributed by atoms with Gasteiger partial charge in [0.05, 0.1) is 10.2 Å². The summed E-state index contributed by atoms with van der Waals surface area (Å²) in [5, 5.41) is 1.79. The zero-order chi connectivity index (χ0) is 17.2. The van der Waals surface area contributed by atoms with Gasteiger partial charge in [-0.25, -0.2) is 4.98 Å². The van der Waals surface area contributed by atoms with E-state index in [0.29, 0.717) is 0 Å². The van der Waals surface area contributed by atoms with Crippen molar-refractivity contribution < 1.29 is 0 Å². The maximum Gasteiger partial charge on any atom is 0.124 e. The first-order valence-corrected chi connectivity index (χ1v) is 9.33. The van der Waals surface area contributed by atoms with Gasteiger partial charge in [0.25, 0.3) is 0 Å². The van der Waals surface area contributed by atoms with E-state index < -0.39 is 0 Å². The third kappa shape index (κ3) is 3.11. The molecule has 0 radical (unpaired) electrons. The summed E-state index contributed by atoms with van der Waals surface area (Å²) in [6.45, 7) is 2.02. The Hall–Kier alpha value is -2.42. The van der Waals surface area contributed by atoms with Crippen LogP contribution in [-0.4, -0.2) is 4.98 Å². The first-order valence-electron chi connectivity index (χ1n) is 8.14. The quantitative estimate of drug-likeness (QED) is 0.372. The lowest BCUT2D eigenvalue weighted by Crippen LogP contribution is -1.86. The predicted octanol–water partition coefficient (Wildman–Crippen LogP) is 7.32. The van der Waals surface area contributed by atoms with Crippen LogP contribution in [0.2, 0.25) is 5.02 Å². The van der Waals surface area contributed by atoms with Gasteiger partial charge in [-0.15, -0.1) is 11.3 Å². The Kier molecular flexibility index (Phi) is 4.39. The second-order valence-electron chi connectivity index (χ2n) is 5.77. The maximum absolute atomic E-state index is 6.19. The fraction of sp³-hybridized carbons (Fsp3) is 0.0455. The minimum atomic E-state index is 0.743. The zero-order valence-electron chi connectivity index (χ0n) is 13.7. The second kappa shape index (κ2) is 6.83. The van der Waals surface area contributed by atoms with E-state index in [2.05, 4.69) is 42.5 Å². The third-order valence-electron chi connectivity index (χ3n) is 4.09. The number of allylic oxidation sites excluding steroid dienone is 1. The van der Waals surface area contributed by atoms with Crippen molar-refractivity contribution in [3.8, 4) is 21.7 Å². The van der Waals surface area contributed by atoms with Gasteiger partial charge in [0, 0.05) is 16.1 Å². The largest absolute Gasteiger partial charge is 0.235 e. The summed E-state index contributed by atoms with van der Waals surface area (Å²) in [7, 11) is 0. The Balaban J connectivity index is 1.93. The van der Waals surface area contributed by atoms with E-state index in [1.165, 1.54) is 4.70 Å². The smallest absolute Gasteiger partial charge is 0.124 e. The minimum absolute atomic E-state index is 0.743. The Morgan fingerprint density at radius 2 is 1.76 bits per heavy atom. The summed E-state index contributed by atoms with van der Waals surface area (Å²) in [4.78, 5) is 4.94. The Morgan fingerprint density at radius 1 is 0.920 bits per heavy atom. The summed E-state index contributed by atoms with van der Waals surface area (Å²) in [5.74, 6) is 0. The van der Waals surface area contributed by atoms with Crippen LogP contribution in [-0.2, 0) is 0 Å². The molecular formula is C22H16ClNS. The van der Waals surface area contributed by atoms with Gasteiger partial charge in [-0.3, -0.25) is 0 Å². The summed E-state index contributed by atoms with van der Waals surface area (Å²) in [6.07, 6.45) is 4.12. The van der Waals surface area contributed by atoms with E-state index in [1.807, 2.05) is 43.3 Å². The average molecular weight is 362 g/mol. The number of fused-ring (bicyclic) bond motifs is 1. The number of rotatable bonds is 3. The van der Waals surface area contributed by atoms with Gasteiger partial charge in [-0.05, 0) is 36.2 Å². The van der Waals surface area contributed by atoms with Crippen LogP contribution >= 0.6 is 22.9 Å². The molecule has 1 heterocycles. The van der Waals surface area contributed by atoms with Crippen LogP contribution in [0.1, 0.15) is 12.5 Å². The molecule has 0 spiro atoms. The van der Waals surface area contributed by atoms with Crippen molar-refractivity contribution in [1.82, 2.24) is 4.98 Å². The Labute approximate surface area is 156 Å². The van der Waals surface area contributed by atoms with Crippen LogP contribution < -0.4 is 0 Å². The van der Waals surface area contributed by atoms with E-state index in [1.54, 1.807) is 11.3 Å². The lowest BCUT2D eigenvalue weighted by molar-refractivity contribution is 1.47. The molecule has 0 atom stereocenters. The van der Waals surface area contributed by atoms with Crippen LogP contribution in [0.5, 0.6) is 0 Å². The first kappa shape index (κ1) is 16.1. The molecule has 0 saturated carbocycles. The monoisotopic (exact) mass is 361 g/mol. The van der Waals surface area contributed by atoms with Crippen LogP contribution in [0.15, 0.2) is 72.8 Å². The number of thiazole rings is 1. The number of halogens is 1. The number of benzene rings is 3. The van der Waals surface area contributed by atoms with Gasteiger partial charge >= 0.3 is 0 Å². The lowest BCUT2D eigenvalue weighted by atomic mass is 9.98. The SMILES string of the molecule is CC=Cc1cc(Cl)ccc1-c1cccc2sc(-c3ccccc3)nc12. The number of aromatic nitrogens is 1. The molecule has 1 nitrogen and oxygen atoms in total. The van der Waals surface area contributed by atoms with Crippen LogP contribution in [0.3, 0.4) is 0 Å². The Bertz CT molecular complexity index is 1060. The topological polar surface area (TPSA) is 12.9 Å². The normalized spacial score (nSPS) is 11.4. The molecule has 0 fully saturated rings. The van der Waals surface area contributed by atoms with E-state index in [-0.39, 0.29) is 0 Å². The minimum Gasteiger partial charge on any atom is -0.235 e. The fourth-order valence-corrected chi connectivity index (χ4v) is 4.14. The number of para-hydroxylation sites is 1. The van der Waals surface area contributed by atoms with E-state index >= 15 is 0 Å². The molecule has 4 rings (SSSR count). The molecule has 122 valence electrons. The highest BCUT2D eigenvalue weighted by atomic mass is 35.5. The first-order chi connectivity index (χ1) is 12.3. The number of nitrogens with zero attached hydrogens (tertiary/aromatic N) is 1. The standard InChI is InChI=1S/C22H16ClNS/c1-2-7-16-14-17(23)12-13-18(16)19-10-6-11-20-21(19)24-22(25-20)15-8-4-3-5-9-15/h2-14H,1H3. The molecule has 0 N–H and O–H groups in total. The van der Waals surface area contributed by atoms with Gasteiger partial charge < -0.3 is 0 Å². The average Bonchev–Trinajstić information content (AvgIpc) is 3.07. The molecule has 0 saturated heterocycles. The molecule has 3 heteroatoms. The van der Waals surface area contributed by atoms with Crippen molar-refractivity contribution >= 4 is 39.2 Å². The fourth-order valence-electron chi connectivity index (χ4n) is 2.97. The zero-order valence-corrected chi connectivity index (χ0v) is 15.3. The van der Waals surface area contributed by atoms with Gasteiger partial charge in [-0.2, -0.15) is 0 Å². The van der Waals surface area contributed by atoms with Crippen molar-refractivity contribution in [1.29, 1.82) is 0 Å². The second-order valence-corrected chi connectivity index (χ2v) is 7.24. The van der Waals surface area contributed by atoms with Crippen molar-refractivity contribution in [2.75, 3.05) is 0 Å². The van der Waals surface area contributed by atoms with Crippen LogP contribution in [0.4, 0.5) is 0 Å². The van der Waals surface area contributed by atoms with E-state index in [9.17, 15) is 0 Å². The summed E-state index contributed by atoms with van der Waals surface area (Å²) in [6, 6.07) is 22.7. The number of hydrogen-bond donors (Lipinski definition) is 0. The molecule has 0 aliphatic heterocycles. The molecule has 0 bridgehead atoms. The Morgan fingerprint density at radius 3 is 2.56 bits per heavy atom. The highest BCUT2D eigenvalue weighted by Crippen LogP contribution is 2.37. The van der Waals surface area contributed by atoms with Gasteiger partial charge in [0.2, 0.25) is 0 Å². The highest BCUT2D eigenvalue weighted by molar-refractivity contribution is 7.21. The van der Waals surface area contributed by atoms with E-state index in [0.717, 1.165) is 37.8 Å². The highest BCUT2D eigenvalue weighted by Gasteiger charge is 2.13. The lowest BCUT2D eigenvalue weighted by Gasteiger charge is -2.08. The molecule has 1 aromatic heterocycles. The van der Waals surface area contributed by atoms with Crippen molar-refractivity contribution in [3.63, 3.8) is 0 Å². The van der Waals surface area contributed by atoms with Gasteiger partial charge in [0.15, 0.2) is 0 Å². The predicted molar refractivity (Wildman–Crippen MR) is 110 cm³/mol. The molecule has 0 unspecified atom stereocenters. The van der Waals surface area contributed by atoms with Gasteiger partial charge in [-0.1, -0.05) is 72.3 Å². The summed E-state index contributed by atoms with van der Waals surface area (Å²) in [5.41, 5.74) is 5.59. The van der Waals surface area contributed by atoms with Crippen molar-refractivity contribution in [2.45, 2.75) is 6.92 Å². The molecule has 4 aromatic rings. The van der Waals surface area contributed by atoms with Gasteiger partial charge in [0.1, 0.15) is 5.01 Å². The number of hydrogen-bond acceptors (Lipinski definition) is 2. The summed E-state index contributed by atoms with van der Waals surface area (Å²) < 4.78 is 1.19. The maximum atomic E-state index is 6.19. The van der Waals surface area contributed by atoms with Crippen molar-refractivity contribution in [2.24, 2.45) is 0 Å². The van der Waals surface area contributed by atoms with Crippen LogP contribution in [0, 0.1) is 0 Å². The molecular weight excluding hydrogens is 346 g/mol. The van der Waals surface area contributed by atoms with Crippen LogP contribution in [0.25, 0.3) is 38.0 Å². The molecule has 25 heavy (non-hydrogen) atoms. The van der Waals surface area contributed by atoms with E-state index in [4.69, 9.17) is 16.6 Å². The molecule has 0 aliphatic carbocycles. The summed E-state index contributed by atoms with van der Waals surface area (Å²) >= 11 is 7.92. The third-order valence-corrected chi connectivity index (χ3v) is 5.39. The van der Waals surface area contributed by atoms with Crippen molar-refractivity contribution in [3.05, 3.63) is 83.4 Å². The molecule has 3 aromatic carbocycles. The molecule has 0 aliphatic rings.